The van der Waals surface area contributed by atoms with Gasteiger partial charge in [0.25, 0.3) is 0 Å². The minimum atomic E-state index is 0.270. The molecule has 0 bridgehead atoms. The number of imidazole rings is 1. The van der Waals surface area contributed by atoms with E-state index in [0.717, 1.165) is 18.9 Å². The van der Waals surface area contributed by atoms with Crippen molar-refractivity contribution in [1.29, 1.82) is 0 Å². The zero-order chi connectivity index (χ0) is 9.26. The summed E-state index contributed by atoms with van der Waals surface area (Å²) >= 11 is 0. The van der Waals surface area contributed by atoms with Crippen LogP contribution in [-0.4, -0.2) is 15.6 Å². The van der Waals surface area contributed by atoms with E-state index >= 15 is 0 Å². The Hall–Kier alpha value is -0.830. The first-order chi connectivity index (χ1) is 6.31. The summed E-state index contributed by atoms with van der Waals surface area (Å²) in [6.45, 7) is 3.04. The molecule has 1 heterocycles. The van der Waals surface area contributed by atoms with Crippen LogP contribution in [0.4, 0.5) is 0 Å². The fraction of sp³-hybridized carbons (Fsp3) is 0.700. The second kappa shape index (κ2) is 3.50. The number of rotatable bonds is 4. The predicted octanol–water partition coefficient (Wildman–Crippen LogP) is 1.50. The van der Waals surface area contributed by atoms with E-state index in [1.165, 1.54) is 18.5 Å². The van der Waals surface area contributed by atoms with Gasteiger partial charge >= 0.3 is 0 Å². The minimum Gasteiger partial charge on any atom is -0.333 e. The summed E-state index contributed by atoms with van der Waals surface area (Å²) in [4.78, 5) is 4.18. The molecule has 0 aliphatic heterocycles. The Labute approximate surface area is 79.0 Å². The second-order valence-corrected chi connectivity index (χ2v) is 3.91. The summed E-state index contributed by atoms with van der Waals surface area (Å²) in [6.07, 6.45) is 7.58. The van der Waals surface area contributed by atoms with Crippen molar-refractivity contribution in [3.63, 3.8) is 0 Å². The topological polar surface area (TPSA) is 43.8 Å². The van der Waals surface area contributed by atoms with Crippen molar-refractivity contribution in [1.82, 2.24) is 9.55 Å². The van der Waals surface area contributed by atoms with Gasteiger partial charge in [0.2, 0.25) is 0 Å². The van der Waals surface area contributed by atoms with Crippen LogP contribution in [-0.2, 0) is 6.54 Å². The largest absolute Gasteiger partial charge is 0.333 e. The second-order valence-electron chi connectivity index (χ2n) is 3.91. The molecule has 1 aliphatic carbocycles. The fourth-order valence-electron chi connectivity index (χ4n) is 1.58. The van der Waals surface area contributed by atoms with E-state index in [-0.39, 0.29) is 6.04 Å². The molecule has 1 saturated carbocycles. The summed E-state index contributed by atoms with van der Waals surface area (Å²) in [7, 11) is 0. The molecule has 2 N–H and O–H groups in total. The molecule has 0 saturated heterocycles. The Bertz CT molecular complexity index is 275. The van der Waals surface area contributed by atoms with Gasteiger partial charge in [0.15, 0.2) is 0 Å². The molecule has 0 radical (unpaired) electrons. The summed E-state index contributed by atoms with van der Waals surface area (Å²) < 4.78 is 2.21. The lowest BCUT2D eigenvalue weighted by Crippen LogP contribution is -2.25. The molecule has 1 fully saturated rings. The normalized spacial score (nSPS) is 18.9. The van der Waals surface area contributed by atoms with Crippen LogP contribution in [0.25, 0.3) is 0 Å². The molecule has 3 nitrogen and oxygen atoms in total. The van der Waals surface area contributed by atoms with Crippen LogP contribution in [0.5, 0.6) is 0 Å². The number of hydrogen-bond donors (Lipinski definition) is 1. The Morgan fingerprint density at radius 1 is 1.69 bits per heavy atom. The maximum Gasteiger partial charge on any atom is 0.0948 e. The molecule has 13 heavy (non-hydrogen) atoms. The number of nitrogens with zero attached hydrogens (tertiary/aromatic N) is 2. The third-order valence-corrected chi connectivity index (χ3v) is 2.70. The SMILES string of the molecule is CCC(N)Cn1cncc1C1CC1. The Morgan fingerprint density at radius 2 is 2.46 bits per heavy atom. The lowest BCUT2D eigenvalue weighted by atomic mass is 10.2. The average molecular weight is 179 g/mol. The van der Waals surface area contributed by atoms with Crippen LogP contribution in [0.2, 0.25) is 0 Å². The van der Waals surface area contributed by atoms with Crippen LogP contribution in [0.15, 0.2) is 12.5 Å². The maximum absolute atomic E-state index is 5.91. The maximum atomic E-state index is 5.91. The van der Waals surface area contributed by atoms with Crippen LogP contribution >= 0.6 is 0 Å². The van der Waals surface area contributed by atoms with Gasteiger partial charge in [-0.05, 0) is 19.3 Å². The van der Waals surface area contributed by atoms with Crippen molar-refractivity contribution in [3.05, 3.63) is 18.2 Å². The van der Waals surface area contributed by atoms with E-state index in [9.17, 15) is 0 Å². The zero-order valence-electron chi connectivity index (χ0n) is 8.11. The molecule has 1 unspecified atom stereocenters. The van der Waals surface area contributed by atoms with Gasteiger partial charge in [-0.3, -0.25) is 0 Å². The molecular formula is C10H17N3. The van der Waals surface area contributed by atoms with Crippen LogP contribution < -0.4 is 5.73 Å². The van der Waals surface area contributed by atoms with E-state index < -0.39 is 0 Å². The van der Waals surface area contributed by atoms with Crippen LogP contribution in [0.1, 0.15) is 37.8 Å². The van der Waals surface area contributed by atoms with Gasteiger partial charge in [-0.2, -0.15) is 0 Å². The van der Waals surface area contributed by atoms with Crippen molar-refractivity contribution >= 4 is 0 Å². The number of hydrogen-bond acceptors (Lipinski definition) is 2. The highest BCUT2D eigenvalue weighted by Crippen LogP contribution is 2.39. The Kier molecular flexibility index (Phi) is 2.36. The fourth-order valence-corrected chi connectivity index (χ4v) is 1.58. The first kappa shape index (κ1) is 8.75. The number of nitrogens with two attached hydrogens (primary N) is 1. The van der Waals surface area contributed by atoms with Crippen molar-refractivity contribution in [2.45, 2.75) is 44.7 Å². The molecule has 0 aromatic carbocycles. The lowest BCUT2D eigenvalue weighted by Gasteiger charge is -2.12. The van der Waals surface area contributed by atoms with Gasteiger partial charge in [-0.15, -0.1) is 0 Å². The highest BCUT2D eigenvalue weighted by atomic mass is 15.1. The molecule has 1 atom stereocenters. The van der Waals surface area contributed by atoms with Crippen molar-refractivity contribution < 1.29 is 0 Å². The molecule has 1 aromatic heterocycles. The third-order valence-electron chi connectivity index (χ3n) is 2.70. The van der Waals surface area contributed by atoms with E-state index in [4.69, 9.17) is 5.73 Å². The minimum absolute atomic E-state index is 0.270. The van der Waals surface area contributed by atoms with E-state index in [2.05, 4.69) is 16.5 Å². The number of aromatic nitrogens is 2. The van der Waals surface area contributed by atoms with E-state index in [1.54, 1.807) is 0 Å². The quantitative estimate of drug-likeness (QED) is 0.761. The highest BCUT2D eigenvalue weighted by Gasteiger charge is 2.26. The van der Waals surface area contributed by atoms with Crippen molar-refractivity contribution in [3.8, 4) is 0 Å². The molecule has 72 valence electrons. The molecule has 0 spiro atoms. The van der Waals surface area contributed by atoms with E-state index in [1.807, 2.05) is 12.5 Å². The first-order valence-corrected chi connectivity index (χ1v) is 5.07. The summed E-state index contributed by atoms with van der Waals surface area (Å²) in [5.74, 6) is 0.770. The van der Waals surface area contributed by atoms with Gasteiger partial charge in [-0.25, -0.2) is 4.98 Å². The third kappa shape index (κ3) is 1.91. The Morgan fingerprint density at radius 3 is 3.08 bits per heavy atom. The zero-order valence-corrected chi connectivity index (χ0v) is 8.11. The smallest absolute Gasteiger partial charge is 0.0948 e. The van der Waals surface area contributed by atoms with Crippen molar-refractivity contribution in [2.75, 3.05) is 0 Å². The van der Waals surface area contributed by atoms with Gasteiger partial charge in [0.1, 0.15) is 0 Å². The molecular weight excluding hydrogens is 162 g/mol. The summed E-state index contributed by atoms with van der Waals surface area (Å²) in [5.41, 5.74) is 7.28. The van der Waals surface area contributed by atoms with Crippen LogP contribution in [0, 0.1) is 0 Å². The van der Waals surface area contributed by atoms with Crippen LogP contribution in [0.3, 0.4) is 0 Å². The molecule has 2 rings (SSSR count). The molecule has 0 amide bonds. The highest BCUT2D eigenvalue weighted by molar-refractivity contribution is 5.12. The van der Waals surface area contributed by atoms with Crippen molar-refractivity contribution in [2.24, 2.45) is 5.73 Å². The Balaban J connectivity index is 2.05. The van der Waals surface area contributed by atoms with Gasteiger partial charge in [0, 0.05) is 30.4 Å². The first-order valence-electron chi connectivity index (χ1n) is 5.07. The average Bonchev–Trinajstić information content (AvgIpc) is 2.88. The van der Waals surface area contributed by atoms with Gasteiger partial charge < -0.3 is 10.3 Å². The molecule has 1 aromatic rings. The monoisotopic (exact) mass is 179 g/mol. The van der Waals surface area contributed by atoms with E-state index in [0.29, 0.717) is 0 Å². The summed E-state index contributed by atoms with van der Waals surface area (Å²) in [5, 5.41) is 0. The van der Waals surface area contributed by atoms with Gasteiger partial charge in [-0.1, -0.05) is 6.92 Å². The lowest BCUT2D eigenvalue weighted by molar-refractivity contribution is 0.526. The molecule has 1 aliphatic rings. The predicted molar refractivity (Wildman–Crippen MR) is 52.5 cm³/mol. The standard InChI is InChI=1S/C10H17N3/c1-2-9(11)6-13-7-12-5-10(13)8-3-4-8/h5,7-9H,2-4,6,11H2,1H3. The molecule has 3 heteroatoms. The van der Waals surface area contributed by atoms with Gasteiger partial charge in [0.05, 0.1) is 6.33 Å². The summed E-state index contributed by atoms with van der Waals surface area (Å²) in [6, 6.07) is 0.270.